The van der Waals surface area contributed by atoms with Crippen LogP contribution in [0.5, 0.6) is 5.75 Å². The molecule has 0 N–H and O–H groups in total. The SMILES string of the molecule is COc1cc(CCC=O)cc(Br)c1C(C)C. The topological polar surface area (TPSA) is 26.3 Å². The highest BCUT2D eigenvalue weighted by atomic mass is 79.9. The van der Waals surface area contributed by atoms with E-state index < -0.39 is 0 Å². The molecule has 0 saturated carbocycles. The van der Waals surface area contributed by atoms with E-state index in [4.69, 9.17) is 4.74 Å². The van der Waals surface area contributed by atoms with Gasteiger partial charge in [-0.25, -0.2) is 0 Å². The van der Waals surface area contributed by atoms with Crippen molar-refractivity contribution in [2.75, 3.05) is 7.11 Å². The zero-order chi connectivity index (χ0) is 12.1. The minimum Gasteiger partial charge on any atom is -0.496 e. The number of ether oxygens (including phenoxy) is 1. The van der Waals surface area contributed by atoms with Crippen molar-refractivity contribution in [2.24, 2.45) is 0 Å². The smallest absolute Gasteiger partial charge is 0.123 e. The van der Waals surface area contributed by atoms with Gasteiger partial charge in [-0.05, 0) is 30.0 Å². The molecule has 0 aromatic heterocycles. The first kappa shape index (κ1) is 13.2. The Kier molecular flexibility index (Phi) is 5.00. The molecule has 0 atom stereocenters. The lowest BCUT2D eigenvalue weighted by molar-refractivity contribution is -0.107. The van der Waals surface area contributed by atoms with Crippen LogP contribution < -0.4 is 4.74 Å². The van der Waals surface area contributed by atoms with Crippen LogP contribution in [0.3, 0.4) is 0 Å². The third kappa shape index (κ3) is 3.08. The van der Waals surface area contributed by atoms with E-state index in [1.54, 1.807) is 7.11 Å². The first-order valence-electron chi connectivity index (χ1n) is 5.40. The lowest BCUT2D eigenvalue weighted by Crippen LogP contribution is -1.98. The van der Waals surface area contributed by atoms with Crippen molar-refractivity contribution in [2.45, 2.75) is 32.6 Å². The summed E-state index contributed by atoms with van der Waals surface area (Å²) in [6.45, 7) is 4.27. The van der Waals surface area contributed by atoms with E-state index in [0.717, 1.165) is 28.5 Å². The number of carbonyl (C=O) groups is 1. The maximum Gasteiger partial charge on any atom is 0.123 e. The van der Waals surface area contributed by atoms with Crippen LogP contribution in [0.15, 0.2) is 16.6 Å². The van der Waals surface area contributed by atoms with Gasteiger partial charge in [0.25, 0.3) is 0 Å². The van der Waals surface area contributed by atoms with E-state index >= 15 is 0 Å². The predicted octanol–water partition coefficient (Wildman–Crippen LogP) is 3.71. The molecule has 0 fully saturated rings. The predicted molar refractivity (Wildman–Crippen MR) is 69.2 cm³/mol. The van der Waals surface area contributed by atoms with E-state index in [1.807, 2.05) is 6.07 Å². The lowest BCUT2D eigenvalue weighted by atomic mass is 9.99. The number of aldehydes is 1. The Morgan fingerprint density at radius 1 is 1.44 bits per heavy atom. The number of methoxy groups -OCH3 is 1. The van der Waals surface area contributed by atoms with Crippen molar-refractivity contribution in [3.63, 3.8) is 0 Å². The average molecular weight is 285 g/mol. The van der Waals surface area contributed by atoms with Gasteiger partial charge in [0.05, 0.1) is 7.11 Å². The summed E-state index contributed by atoms with van der Waals surface area (Å²) >= 11 is 3.56. The number of benzene rings is 1. The van der Waals surface area contributed by atoms with Crippen molar-refractivity contribution in [1.29, 1.82) is 0 Å². The molecule has 0 aliphatic heterocycles. The van der Waals surface area contributed by atoms with Crippen LogP contribution in [0.1, 0.15) is 37.3 Å². The third-order valence-corrected chi connectivity index (χ3v) is 3.16. The average Bonchev–Trinajstić information content (AvgIpc) is 2.24. The van der Waals surface area contributed by atoms with E-state index in [9.17, 15) is 4.79 Å². The molecular weight excluding hydrogens is 268 g/mol. The van der Waals surface area contributed by atoms with E-state index in [2.05, 4.69) is 35.8 Å². The van der Waals surface area contributed by atoms with Gasteiger partial charge < -0.3 is 9.53 Å². The highest BCUT2D eigenvalue weighted by molar-refractivity contribution is 9.10. The Morgan fingerprint density at radius 2 is 2.12 bits per heavy atom. The van der Waals surface area contributed by atoms with Crippen LogP contribution in [0, 0.1) is 0 Å². The second-order valence-corrected chi connectivity index (χ2v) is 4.91. The van der Waals surface area contributed by atoms with Gasteiger partial charge in [-0.1, -0.05) is 29.8 Å². The monoisotopic (exact) mass is 284 g/mol. The van der Waals surface area contributed by atoms with Gasteiger partial charge in [0.1, 0.15) is 12.0 Å². The second kappa shape index (κ2) is 6.04. The first-order valence-corrected chi connectivity index (χ1v) is 6.19. The fraction of sp³-hybridized carbons (Fsp3) is 0.462. The summed E-state index contributed by atoms with van der Waals surface area (Å²) in [5, 5.41) is 0. The Labute approximate surface area is 105 Å². The third-order valence-electron chi connectivity index (χ3n) is 2.50. The first-order chi connectivity index (χ1) is 7.60. The van der Waals surface area contributed by atoms with Gasteiger partial charge in [-0.3, -0.25) is 0 Å². The number of carbonyl (C=O) groups excluding carboxylic acids is 1. The van der Waals surface area contributed by atoms with Crippen LogP contribution in [0.4, 0.5) is 0 Å². The van der Waals surface area contributed by atoms with Crippen LogP contribution in [-0.2, 0) is 11.2 Å². The summed E-state index contributed by atoms with van der Waals surface area (Å²) in [5.41, 5.74) is 2.30. The summed E-state index contributed by atoms with van der Waals surface area (Å²) in [6, 6.07) is 4.09. The molecule has 0 bridgehead atoms. The van der Waals surface area contributed by atoms with Gasteiger partial charge in [-0.2, -0.15) is 0 Å². The van der Waals surface area contributed by atoms with Crippen LogP contribution >= 0.6 is 15.9 Å². The van der Waals surface area contributed by atoms with Gasteiger partial charge >= 0.3 is 0 Å². The second-order valence-electron chi connectivity index (χ2n) is 4.05. The van der Waals surface area contributed by atoms with Gasteiger partial charge in [-0.15, -0.1) is 0 Å². The molecule has 16 heavy (non-hydrogen) atoms. The number of hydrogen-bond donors (Lipinski definition) is 0. The summed E-state index contributed by atoms with van der Waals surface area (Å²) in [5.74, 6) is 1.30. The Balaban J connectivity index is 3.10. The fourth-order valence-electron chi connectivity index (χ4n) is 1.75. The molecule has 3 heteroatoms. The van der Waals surface area contributed by atoms with Gasteiger partial charge in [0.2, 0.25) is 0 Å². The van der Waals surface area contributed by atoms with Crippen molar-refractivity contribution in [3.05, 3.63) is 27.7 Å². The zero-order valence-corrected chi connectivity index (χ0v) is 11.5. The lowest BCUT2D eigenvalue weighted by Gasteiger charge is -2.15. The Bertz CT molecular complexity index is 372. The number of halogens is 1. The fourth-order valence-corrected chi connectivity index (χ4v) is 2.69. The standard InChI is InChI=1S/C13H17BrO2/c1-9(2)13-11(14)7-10(5-4-6-15)8-12(13)16-3/h6-9H,4-5H2,1-3H3. The minimum absolute atomic E-state index is 0.407. The summed E-state index contributed by atoms with van der Waals surface area (Å²) in [4.78, 5) is 10.3. The summed E-state index contributed by atoms with van der Waals surface area (Å²) < 4.78 is 6.45. The molecule has 0 spiro atoms. The molecule has 1 aromatic rings. The maximum absolute atomic E-state index is 10.3. The maximum atomic E-state index is 10.3. The summed E-state index contributed by atoms with van der Waals surface area (Å²) in [7, 11) is 1.68. The van der Waals surface area contributed by atoms with Gasteiger partial charge in [0, 0.05) is 16.5 Å². The Morgan fingerprint density at radius 3 is 2.62 bits per heavy atom. The molecule has 1 aromatic carbocycles. The number of hydrogen-bond acceptors (Lipinski definition) is 2. The van der Waals surface area contributed by atoms with Crippen molar-refractivity contribution >= 4 is 22.2 Å². The molecule has 0 aliphatic carbocycles. The molecule has 0 heterocycles. The van der Waals surface area contributed by atoms with Crippen LogP contribution in [-0.4, -0.2) is 13.4 Å². The van der Waals surface area contributed by atoms with Crippen LogP contribution in [0.2, 0.25) is 0 Å². The molecule has 0 radical (unpaired) electrons. The van der Waals surface area contributed by atoms with Crippen molar-refractivity contribution in [1.82, 2.24) is 0 Å². The van der Waals surface area contributed by atoms with E-state index in [1.165, 1.54) is 5.56 Å². The molecule has 88 valence electrons. The zero-order valence-electron chi connectivity index (χ0n) is 9.92. The number of rotatable bonds is 5. The normalized spacial score (nSPS) is 10.6. The molecule has 0 amide bonds. The van der Waals surface area contributed by atoms with Crippen molar-refractivity contribution < 1.29 is 9.53 Å². The minimum atomic E-state index is 0.407. The van der Waals surface area contributed by atoms with Crippen LogP contribution in [0.25, 0.3) is 0 Å². The molecule has 1 rings (SSSR count). The van der Waals surface area contributed by atoms with E-state index in [0.29, 0.717) is 12.3 Å². The molecule has 0 saturated heterocycles. The molecule has 0 aliphatic rings. The Hall–Kier alpha value is -0.830. The highest BCUT2D eigenvalue weighted by Gasteiger charge is 2.13. The molecular formula is C13H17BrO2. The molecule has 2 nitrogen and oxygen atoms in total. The molecule has 0 unspecified atom stereocenters. The summed E-state index contributed by atoms with van der Waals surface area (Å²) in [6.07, 6.45) is 2.25. The number of aryl methyl sites for hydroxylation is 1. The van der Waals surface area contributed by atoms with E-state index in [-0.39, 0.29) is 0 Å². The van der Waals surface area contributed by atoms with Crippen molar-refractivity contribution in [3.8, 4) is 5.75 Å². The highest BCUT2D eigenvalue weighted by Crippen LogP contribution is 2.34. The largest absolute Gasteiger partial charge is 0.496 e. The van der Waals surface area contributed by atoms with Gasteiger partial charge in [0.15, 0.2) is 0 Å². The quantitative estimate of drug-likeness (QED) is 0.771.